The highest BCUT2D eigenvalue weighted by Crippen LogP contribution is 2.20. The minimum Gasteiger partial charge on any atom is -0.491 e. The second-order valence-corrected chi connectivity index (χ2v) is 7.22. The van der Waals surface area contributed by atoms with Gasteiger partial charge in [0.25, 0.3) is 5.91 Å². The lowest BCUT2D eigenvalue weighted by atomic mass is 10.1. The summed E-state index contributed by atoms with van der Waals surface area (Å²) >= 11 is 0. The van der Waals surface area contributed by atoms with Crippen LogP contribution in [0.5, 0.6) is 5.75 Å². The van der Waals surface area contributed by atoms with Gasteiger partial charge < -0.3 is 24.7 Å². The predicted molar refractivity (Wildman–Crippen MR) is 109 cm³/mol. The summed E-state index contributed by atoms with van der Waals surface area (Å²) in [6.45, 7) is 3.11. The number of rotatable bonds is 6. The number of aliphatic hydroxyl groups excluding tert-OH is 1. The van der Waals surface area contributed by atoms with E-state index in [1.807, 2.05) is 42.5 Å². The maximum Gasteiger partial charge on any atom is 0.323 e. The third-order valence-electron chi connectivity index (χ3n) is 5.12. The van der Waals surface area contributed by atoms with E-state index in [2.05, 4.69) is 14.9 Å². The van der Waals surface area contributed by atoms with Gasteiger partial charge in [0.1, 0.15) is 24.2 Å². The summed E-state index contributed by atoms with van der Waals surface area (Å²) < 4.78 is 5.76. The molecule has 1 aromatic heterocycles. The summed E-state index contributed by atoms with van der Waals surface area (Å²) in [4.78, 5) is 32.2. The highest BCUT2D eigenvalue weighted by molar-refractivity contribution is 5.92. The summed E-state index contributed by atoms with van der Waals surface area (Å²) in [5.41, 5.74) is -0.117. The van der Waals surface area contributed by atoms with Gasteiger partial charge in [-0.1, -0.05) is 30.3 Å². The normalized spacial score (nSPS) is 16.1. The van der Waals surface area contributed by atoms with Crippen LogP contribution in [0.4, 0.5) is 0 Å². The van der Waals surface area contributed by atoms with Crippen LogP contribution in [0.3, 0.4) is 0 Å². The molecular formula is C21H24N4O4. The van der Waals surface area contributed by atoms with Gasteiger partial charge in [-0.25, -0.2) is 4.79 Å². The number of nitrogens with one attached hydrogen (secondary N) is 2. The number of hydrogen-bond donors (Lipinski definition) is 3. The first-order valence-electron chi connectivity index (χ1n) is 9.67. The Morgan fingerprint density at radius 1 is 1.10 bits per heavy atom. The Morgan fingerprint density at radius 2 is 1.86 bits per heavy atom. The van der Waals surface area contributed by atoms with Crippen LogP contribution in [-0.4, -0.2) is 76.2 Å². The molecule has 8 heteroatoms. The first kappa shape index (κ1) is 19.2. The molecule has 0 aliphatic carbocycles. The number of ether oxygens (including phenoxy) is 1. The summed E-state index contributed by atoms with van der Waals surface area (Å²) in [6, 6.07) is 13.9. The number of imidazole rings is 1. The molecule has 152 valence electrons. The van der Waals surface area contributed by atoms with Crippen LogP contribution in [-0.2, 0) is 0 Å². The Bertz CT molecular complexity index is 1040. The number of piperazine rings is 1. The highest BCUT2D eigenvalue weighted by Gasteiger charge is 2.24. The monoisotopic (exact) mass is 396 g/mol. The van der Waals surface area contributed by atoms with Gasteiger partial charge in [0, 0.05) is 38.9 Å². The first-order chi connectivity index (χ1) is 14.1. The molecule has 1 atom stereocenters. The molecule has 1 fully saturated rings. The van der Waals surface area contributed by atoms with Crippen LogP contribution >= 0.6 is 0 Å². The molecule has 1 amide bonds. The van der Waals surface area contributed by atoms with E-state index in [1.54, 1.807) is 4.90 Å². The molecule has 1 aliphatic heterocycles. The molecular weight excluding hydrogens is 372 g/mol. The van der Waals surface area contributed by atoms with Crippen molar-refractivity contribution in [3.05, 3.63) is 64.8 Å². The molecule has 4 rings (SSSR count). The number of aromatic amines is 2. The largest absolute Gasteiger partial charge is 0.491 e. The Morgan fingerprint density at radius 3 is 2.59 bits per heavy atom. The maximum atomic E-state index is 12.3. The number of carbonyl (C=O) groups is 1. The number of carbonyl (C=O) groups excluding carboxylic acids is 1. The number of fused-ring (bicyclic) bond motifs is 1. The molecule has 0 bridgehead atoms. The molecule has 3 N–H and O–H groups in total. The number of β-amino-alcohol motifs (C(OH)–C–C–N with tert-alkyl or cyclic N) is 1. The van der Waals surface area contributed by atoms with E-state index in [0.29, 0.717) is 32.7 Å². The summed E-state index contributed by atoms with van der Waals surface area (Å²) in [6.07, 6.45) is 0.773. The number of benzene rings is 2. The van der Waals surface area contributed by atoms with Gasteiger partial charge in [-0.05, 0) is 22.9 Å². The lowest BCUT2D eigenvalue weighted by Gasteiger charge is -2.35. The van der Waals surface area contributed by atoms with Crippen LogP contribution < -0.4 is 10.4 Å². The van der Waals surface area contributed by atoms with E-state index in [1.165, 1.54) is 6.20 Å². The van der Waals surface area contributed by atoms with Crippen LogP contribution in [0.2, 0.25) is 0 Å². The van der Waals surface area contributed by atoms with Crippen molar-refractivity contribution in [1.29, 1.82) is 0 Å². The number of nitrogens with zero attached hydrogens (tertiary/aromatic N) is 2. The minimum absolute atomic E-state index is 0.191. The average molecular weight is 396 g/mol. The Balaban J connectivity index is 1.23. The lowest BCUT2D eigenvalue weighted by molar-refractivity contribution is 0.0401. The third kappa shape index (κ3) is 4.67. The topological polar surface area (TPSA) is 102 Å². The number of H-pyrrole nitrogens is 2. The number of aliphatic hydroxyl groups is 1. The second-order valence-electron chi connectivity index (χ2n) is 7.22. The smallest absolute Gasteiger partial charge is 0.323 e. The van der Waals surface area contributed by atoms with Crippen LogP contribution in [0.1, 0.15) is 10.5 Å². The molecule has 0 saturated carbocycles. The zero-order chi connectivity index (χ0) is 20.2. The number of hydrogen-bond acceptors (Lipinski definition) is 5. The fourth-order valence-corrected chi connectivity index (χ4v) is 3.55. The zero-order valence-corrected chi connectivity index (χ0v) is 16.0. The quantitative estimate of drug-likeness (QED) is 0.578. The van der Waals surface area contributed by atoms with Gasteiger partial charge in [-0.2, -0.15) is 0 Å². The van der Waals surface area contributed by atoms with E-state index >= 15 is 0 Å². The Hall–Kier alpha value is -3.10. The van der Waals surface area contributed by atoms with Gasteiger partial charge in [0.2, 0.25) is 0 Å². The van der Waals surface area contributed by atoms with Crippen molar-refractivity contribution < 1.29 is 14.6 Å². The fraction of sp³-hybridized carbons (Fsp3) is 0.333. The van der Waals surface area contributed by atoms with E-state index in [4.69, 9.17) is 4.74 Å². The lowest BCUT2D eigenvalue weighted by Crippen LogP contribution is -2.51. The molecule has 1 unspecified atom stereocenters. The standard InChI is InChI=1S/C21H24N4O4/c26-17(14-29-18-6-5-15-3-1-2-4-16(15)11-18)13-24-7-9-25(10-8-24)20(27)19-12-22-21(28)23-19/h1-6,11-12,17,26H,7-10,13-14H2,(H2,22,23,28). The van der Waals surface area contributed by atoms with Crippen molar-refractivity contribution in [3.63, 3.8) is 0 Å². The molecule has 0 radical (unpaired) electrons. The summed E-state index contributed by atoms with van der Waals surface area (Å²) in [5, 5.41) is 12.6. The van der Waals surface area contributed by atoms with Crippen molar-refractivity contribution in [3.8, 4) is 5.75 Å². The van der Waals surface area contributed by atoms with Gasteiger partial charge in [0.15, 0.2) is 0 Å². The number of amides is 1. The summed E-state index contributed by atoms with van der Waals surface area (Å²) in [5.74, 6) is 0.543. The van der Waals surface area contributed by atoms with E-state index in [9.17, 15) is 14.7 Å². The minimum atomic E-state index is -0.621. The molecule has 1 aliphatic rings. The SMILES string of the molecule is O=C(c1c[nH]c(=O)[nH]1)N1CCN(CC(O)COc2ccc3ccccc3c2)CC1. The Labute approximate surface area is 167 Å². The van der Waals surface area contributed by atoms with Crippen molar-refractivity contribution in [1.82, 2.24) is 19.8 Å². The fourth-order valence-electron chi connectivity index (χ4n) is 3.55. The Kier molecular flexibility index (Phi) is 5.64. The predicted octanol–water partition coefficient (Wildman–Crippen LogP) is 1.05. The molecule has 0 spiro atoms. The molecule has 8 nitrogen and oxygen atoms in total. The van der Waals surface area contributed by atoms with Crippen LogP contribution in [0, 0.1) is 0 Å². The third-order valence-corrected chi connectivity index (χ3v) is 5.12. The van der Waals surface area contributed by atoms with Gasteiger partial charge in [-0.3, -0.25) is 9.69 Å². The van der Waals surface area contributed by atoms with Crippen molar-refractivity contribution in [2.24, 2.45) is 0 Å². The van der Waals surface area contributed by atoms with Crippen molar-refractivity contribution in [2.45, 2.75) is 6.10 Å². The molecule has 2 heterocycles. The molecule has 3 aromatic rings. The van der Waals surface area contributed by atoms with E-state index in [-0.39, 0.29) is 23.9 Å². The van der Waals surface area contributed by atoms with Gasteiger partial charge >= 0.3 is 5.69 Å². The van der Waals surface area contributed by atoms with Crippen LogP contribution in [0.15, 0.2) is 53.5 Å². The second kappa shape index (κ2) is 8.50. The van der Waals surface area contributed by atoms with Crippen LogP contribution in [0.25, 0.3) is 10.8 Å². The first-order valence-corrected chi connectivity index (χ1v) is 9.67. The molecule has 2 aromatic carbocycles. The van der Waals surface area contributed by atoms with E-state index < -0.39 is 6.10 Å². The van der Waals surface area contributed by atoms with Gasteiger partial charge in [0.05, 0.1) is 0 Å². The van der Waals surface area contributed by atoms with Crippen molar-refractivity contribution >= 4 is 16.7 Å². The zero-order valence-electron chi connectivity index (χ0n) is 16.0. The summed E-state index contributed by atoms with van der Waals surface area (Å²) in [7, 11) is 0. The molecule has 1 saturated heterocycles. The number of aromatic nitrogens is 2. The van der Waals surface area contributed by atoms with E-state index in [0.717, 1.165) is 16.5 Å². The highest BCUT2D eigenvalue weighted by atomic mass is 16.5. The van der Waals surface area contributed by atoms with Gasteiger partial charge in [-0.15, -0.1) is 0 Å². The van der Waals surface area contributed by atoms with Crippen molar-refractivity contribution in [2.75, 3.05) is 39.3 Å². The maximum absolute atomic E-state index is 12.3. The average Bonchev–Trinajstić information content (AvgIpc) is 3.18. The molecule has 29 heavy (non-hydrogen) atoms.